The Morgan fingerprint density at radius 3 is 2.43 bits per heavy atom. The molecule has 0 spiro atoms. The van der Waals surface area contributed by atoms with E-state index in [0.717, 1.165) is 15.6 Å². The van der Waals surface area contributed by atoms with Crippen LogP contribution < -0.4 is 0 Å². The summed E-state index contributed by atoms with van der Waals surface area (Å²) >= 11 is 1.50. The van der Waals surface area contributed by atoms with Gasteiger partial charge in [-0.15, -0.1) is 11.3 Å². The average Bonchev–Trinajstić information content (AvgIpc) is 2.45. The van der Waals surface area contributed by atoms with Gasteiger partial charge in [0.1, 0.15) is 5.01 Å². The van der Waals surface area contributed by atoms with Crippen molar-refractivity contribution in [2.45, 2.75) is 26.8 Å². The third kappa shape index (κ3) is 2.19. The first-order chi connectivity index (χ1) is 6.43. The fraction of sp³-hybridized carbons (Fsp3) is 0.600. The monoisotopic (exact) mass is 212 g/mol. The van der Waals surface area contributed by atoms with Crippen LogP contribution in [0.15, 0.2) is 0 Å². The molecule has 0 fully saturated rings. The molecule has 1 atom stereocenters. The SMILES string of the molecule is CC(=O)c1sc(C(C)N(C)C)nc1C. The second kappa shape index (κ2) is 4.19. The van der Waals surface area contributed by atoms with Gasteiger partial charge in [0.05, 0.1) is 16.6 Å². The minimum absolute atomic E-state index is 0.109. The summed E-state index contributed by atoms with van der Waals surface area (Å²) in [6.07, 6.45) is 0. The number of aromatic nitrogens is 1. The van der Waals surface area contributed by atoms with Crippen LogP contribution in [-0.2, 0) is 0 Å². The molecule has 78 valence electrons. The lowest BCUT2D eigenvalue weighted by atomic mass is 10.3. The van der Waals surface area contributed by atoms with Crippen LogP contribution in [0.25, 0.3) is 0 Å². The molecule has 0 aromatic carbocycles. The van der Waals surface area contributed by atoms with Crippen molar-refractivity contribution in [2.75, 3.05) is 14.1 Å². The van der Waals surface area contributed by atoms with E-state index in [0.29, 0.717) is 0 Å². The molecule has 0 aliphatic rings. The van der Waals surface area contributed by atoms with Crippen LogP contribution in [-0.4, -0.2) is 29.8 Å². The highest BCUT2D eigenvalue weighted by molar-refractivity contribution is 7.13. The molecule has 1 aromatic rings. The summed E-state index contributed by atoms with van der Waals surface area (Å²) in [7, 11) is 4.02. The molecule has 0 aliphatic carbocycles. The normalized spacial score (nSPS) is 13.3. The van der Waals surface area contributed by atoms with Gasteiger partial charge in [0, 0.05) is 6.92 Å². The molecule has 1 unspecified atom stereocenters. The third-order valence-corrected chi connectivity index (χ3v) is 3.69. The van der Waals surface area contributed by atoms with E-state index in [9.17, 15) is 4.79 Å². The number of hydrogen-bond donors (Lipinski definition) is 0. The van der Waals surface area contributed by atoms with Gasteiger partial charge in [0.15, 0.2) is 5.78 Å². The molecule has 0 bridgehead atoms. The first-order valence-corrected chi connectivity index (χ1v) is 5.39. The topological polar surface area (TPSA) is 33.2 Å². The Balaban J connectivity index is 3.02. The Kier molecular flexibility index (Phi) is 3.39. The van der Waals surface area contributed by atoms with Crippen molar-refractivity contribution in [1.29, 1.82) is 0 Å². The van der Waals surface area contributed by atoms with E-state index < -0.39 is 0 Å². The summed E-state index contributed by atoms with van der Waals surface area (Å²) in [4.78, 5) is 18.5. The van der Waals surface area contributed by atoms with E-state index in [2.05, 4.69) is 16.8 Å². The largest absolute Gasteiger partial charge is 0.300 e. The van der Waals surface area contributed by atoms with Crippen LogP contribution in [0.3, 0.4) is 0 Å². The van der Waals surface area contributed by atoms with Crippen LogP contribution in [0.2, 0.25) is 0 Å². The highest BCUT2D eigenvalue weighted by atomic mass is 32.1. The van der Waals surface area contributed by atoms with E-state index in [1.165, 1.54) is 11.3 Å². The van der Waals surface area contributed by atoms with Crippen LogP contribution in [0.4, 0.5) is 0 Å². The predicted molar refractivity (Wildman–Crippen MR) is 59.0 cm³/mol. The van der Waals surface area contributed by atoms with Gasteiger partial charge in [-0.3, -0.25) is 4.79 Å². The molecule has 3 nitrogen and oxygen atoms in total. The molecule has 0 N–H and O–H groups in total. The Morgan fingerprint density at radius 2 is 2.07 bits per heavy atom. The summed E-state index contributed by atoms with van der Waals surface area (Å²) in [6.45, 7) is 5.56. The van der Waals surface area contributed by atoms with Crippen molar-refractivity contribution in [2.24, 2.45) is 0 Å². The molecular weight excluding hydrogens is 196 g/mol. The van der Waals surface area contributed by atoms with E-state index in [4.69, 9.17) is 0 Å². The maximum atomic E-state index is 11.2. The second-order valence-electron chi connectivity index (χ2n) is 3.66. The smallest absolute Gasteiger partial charge is 0.171 e. The molecule has 1 rings (SSSR count). The fourth-order valence-electron chi connectivity index (χ4n) is 1.14. The molecule has 0 radical (unpaired) electrons. The molecule has 0 aliphatic heterocycles. The Labute approximate surface area is 88.8 Å². The quantitative estimate of drug-likeness (QED) is 0.721. The Hall–Kier alpha value is -0.740. The van der Waals surface area contributed by atoms with Crippen LogP contribution >= 0.6 is 11.3 Å². The first-order valence-electron chi connectivity index (χ1n) is 4.58. The number of rotatable bonds is 3. The molecular formula is C10H16N2OS. The molecule has 4 heteroatoms. The molecule has 1 aromatic heterocycles. The van der Waals surface area contributed by atoms with Gasteiger partial charge in [0.25, 0.3) is 0 Å². The van der Waals surface area contributed by atoms with Gasteiger partial charge in [-0.25, -0.2) is 4.98 Å². The summed E-state index contributed by atoms with van der Waals surface area (Å²) in [6, 6.07) is 0.270. The maximum Gasteiger partial charge on any atom is 0.171 e. The Bertz CT molecular complexity index is 344. The van der Waals surface area contributed by atoms with Crippen molar-refractivity contribution >= 4 is 17.1 Å². The summed E-state index contributed by atoms with van der Waals surface area (Å²) < 4.78 is 0. The number of carbonyl (C=O) groups is 1. The van der Waals surface area contributed by atoms with Crippen LogP contribution in [0.5, 0.6) is 0 Å². The Morgan fingerprint density at radius 1 is 1.50 bits per heavy atom. The zero-order valence-corrected chi connectivity index (χ0v) is 10.1. The van der Waals surface area contributed by atoms with Gasteiger partial charge in [-0.2, -0.15) is 0 Å². The average molecular weight is 212 g/mol. The fourth-order valence-corrected chi connectivity index (χ4v) is 2.25. The van der Waals surface area contributed by atoms with Gasteiger partial charge in [-0.05, 0) is 27.9 Å². The minimum atomic E-state index is 0.109. The summed E-state index contributed by atoms with van der Waals surface area (Å²) in [5, 5.41) is 1.01. The van der Waals surface area contributed by atoms with Crippen molar-refractivity contribution in [3.63, 3.8) is 0 Å². The maximum absolute atomic E-state index is 11.2. The van der Waals surface area contributed by atoms with Gasteiger partial charge in [0.2, 0.25) is 0 Å². The number of Topliss-reactive ketones (excluding diaryl/α,β-unsaturated/α-hetero) is 1. The van der Waals surface area contributed by atoms with E-state index >= 15 is 0 Å². The number of hydrogen-bond acceptors (Lipinski definition) is 4. The number of aryl methyl sites for hydroxylation is 1. The lowest BCUT2D eigenvalue weighted by Crippen LogP contribution is -2.16. The van der Waals surface area contributed by atoms with E-state index in [1.807, 2.05) is 21.0 Å². The number of thiazole rings is 1. The highest BCUT2D eigenvalue weighted by Crippen LogP contribution is 2.26. The number of carbonyl (C=O) groups excluding carboxylic acids is 1. The van der Waals surface area contributed by atoms with Gasteiger partial charge < -0.3 is 4.90 Å². The zero-order valence-electron chi connectivity index (χ0n) is 9.29. The van der Waals surface area contributed by atoms with Crippen molar-refractivity contribution in [3.05, 3.63) is 15.6 Å². The van der Waals surface area contributed by atoms with Crippen LogP contribution in [0.1, 0.15) is 40.3 Å². The molecule has 0 amide bonds. The predicted octanol–water partition coefficient (Wildman–Crippen LogP) is 2.28. The lowest BCUT2D eigenvalue weighted by molar-refractivity contribution is 0.102. The lowest BCUT2D eigenvalue weighted by Gasteiger charge is -2.16. The molecule has 1 heterocycles. The minimum Gasteiger partial charge on any atom is -0.300 e. The van der Waals surface area contributed by atoms with Crippen molar-refractivity contribution in [1.82, 2.24) is 9.88 Å². The third-order valence-electron chi connectivity index (χ3n) is 2.26. The standard InChI is InChI=1S/C10H16N2OS/c1-6-9(8(3)13)14-10(11-6)7(2)12(4)5/h7H,1-5H3. The number of ketones is 1. The van der Waals surface area contributed by atoms with E-state index in [-0.39, 0.29) is 11.8 Å². The van der Waals surface area contributed by atoms with Gasteiger partial charge >= 0.3 is 0 Å². The molecule has 0 saturated carbocycles. The van der Waals surface area contributed by atoms with Crippen LogP contribution in [0, 0.1) is 6.92 Å². The summed E-state index contributed by atoms with van der Waals surface area (Å²) in [5.41, 5.74) is 0.853. The molecule has 0 saturated heterocycles. The first kappa shape index (κ1) is 11.3. The second-order valence-corrected chi connectivity index (χ2v) is 4.69. The molecule has 14 heavy (non-hydrogen) atoms. The van der Waals surface area contributed by atoms with E-state index in [1.54, 1.807) is 6.92 Å². The van der Waals surface area contributed by atoms with Gasteiger partial charge in [-0.1, -0.05) is 0 Å². The highest BCUT2D eigenvalue weighted by Gasteiger charge is 2.16. The zero-order chi connectivity index (χ0) is 10.9. The summed E-state index contributed by atoms with van der Waals surface area (Å²) in [5.74, 6) is 0.109. The van der Waals surface area contributed by atoms with Crippen molar-refractivity contribution in [3.8, 4) is 0 Å². The number of nitrogens with zero attached hydrogens (tertiary/aromatic N) is 2. The van der Waals surface area contributed by atoms with Crippen molar-refractivity contribution < 1.29 is 4.79 Å².